The third-order valence-corrected chi connectivity index (χ3v) is 3.15. The molecule has 98 valence electrons. The zero-order valence-corrected chi connectivity index (χ0v) is 11.2. The van der Waals surface area contributed by atoms with Crippen LogP contribution in [0.1, 0.15) is 10.4 Å². The Morgan fingerprint density at radius 1 is 1.11 bits per heavy atom. The van der Waals surface area contributed by atoms with Gasteiger partial charge in [0.05, 0.1) is 10.0 Å². The number of carbonyl (C=O) groups is 1. The highest BCUT2D eigenvalue weighted by atomic mass is 35.5. The van der Waals surface area contributed by atoms with Crippen LogP contribution in [0.25, 0.3) is 0 Å². The molecule has 2 aromatic carbocycles. The summed E-state index contributed by atoms with van der Waals surface area (Å²) in [5, 5.41) is 0.683. The summed E-state index contributed by atoms with van der Waals surface area (Å²) in [6.45, 7) is -0.193. The van der Waals surface area contributed by atoms with Crippen molar-refractivity contribution in [3.63, 3.8) is 0 Å². The highest BCUT2D eigenvalue weighted by Gasteiger charge is 2.09. The molecule has 2 nitrogen and oxygen atoms in total. The normalized spacial score (nSPS) is 10.3. The van der Waals surface area contributed by atoms with Gasteiger partial charge in [-0.15, -0.1) is 0 Å². The quantitative estimate of drug-likeness (QED) is 0.782. The molecule has 0 radical (unpaired) electrons. The summed E-state index contributed by atoms with van der Waals surface area (Å²) in [5.74, 6) is -0.379. The summed E-state index contributed by atoms with van der Waals surface area (Å²) < 4.78 is 18.1. The molecule has 0 saturated heterocycles. The number of benzene rings is 2. The van der Waals surface area contributed by atoms with E-state index in [9.17, 15) is 9.18 Å². The molecule has 0 unspecified atom stereocenters. The minimum atomic E-state index is -0.417. The van der Waals surface area contributed by atoms with Crippen LogP contribution >= 0.6 is 23.2 Å². The van der Waals surface area contributed by atoms with E-state index in [1.807, 2.05) is 0 Å². The molecule has 0 aliphatic carbocycles. The van der Waals surface area contributed by atoms with Crippen molar-refractivity contribution < 1.29 is 13.9 Å². The second kappa shape index (κ2) is 6.04. The van der Waals surface area contributed by atoms with Crippen LogP contribution in [-0.4, -0.2) is 12.4 Å². The smallest absolute Gasteiger partial charge is 0.200 e. The van der Waals surface area contributed by atoms with Crippen LogP contribution in [0.15, 0.2) is 42.5 Å². The van der Waals surface area contributed by atoms with Crippen LogP contribution in [0.4, 0.5) is 4.39 Å². The van der Waals surface area contributed by atoms with Crippen LogP contribution in [0.5, 0.6) is 5.75 Å². The molecular formula is C14H9Cl2FO2. The van der Waals surface area contributed by atoms with E-state index in [0.29, 0.717) is 21.4 Å². The fourth-order valence-electron chi connectivity index (χ4n) is 1.46. The van der Waals surface area contributed by atoms with Gasteiger partial charge in [0.2, 0.25) is 0 Å². The van der Waals surface area contributed by atoms with Gasteiger partial charge in [-0.25, -0.2) is 4.39 Å². The maximum Gasteiger partial charge on any atom is 0.200 e. The number of halogens is 3. The largest absolute Gasteiger partial charge is 0.485 e. The third kappa shape index (κ3) is 3.69. The van der Waals surface area contributed by atoms with E-state index in [2.05, 4.69) is 0 Å². The van der Waals surface area contributed by atoms with Gasteiger partial charge in [-0.3, -0.25) is 4.79 Å². The summed E-state index contributed by atoms with van der Waals surface area (Å²) >= 11 is 11.6. The van der Waals surface area contributed by atoms with Crippen LogP contribution in [-0.2, 0) is 0 Å². The van der Waals surface area contributed by atoms with E-state index in [1.165, 1.54) is 24.3 Å². The van der Waals surface area contributed by atoms with Gasteiger partial charge in [-0.2, -0.15) is 0 Å². The first-order valence-corrected chi connectivity index (χ1v) is 6.18. The van der Waals surface area contributed by atoms with Crippen molar-refractivity contribution in [2.45, 2.75) is 0 Å². The summed E-state index contributed by atoms with van der Waals surface area (Å²) in [6, 6.07) is 10.2. The van der Waals surface area contributed by atoms with Gasteiger partial charge in [0.1, 0.15) is 11.6 Å². The fraction of sp³-hybridized carbons (Fsp3) is 0.0714. The number of Topliss-reactive ketones (excluding diaryl/α,β-unsaturated/α-hetero) is 1. The van der Waals surface area contributed by atoms with Crippen molar-refractivity contribution in [1.29, 1.82) is 0 Å². The maximum absolute atomic E-state index is 12.9. The maximum atomic E-state index is 12.9. The molecule has 5 heteroatoms. The number of rotatable bonds is 4. The molecule has 19 heavy (non-hydrogen) atoms. The first-order chi connectivity index (χ1) is 9.06. The van der Waals surface area contributed by atoms with E-state index in [1.54, 1.807) is 18.2 Å². The molecule has 0 fully saturated rings. The fourth-order valence-corrected chi connectivity index (χ4v) is 1.76. The second-order valence-corrected chi connectivity index (χ2v) is 4.61. The molecule has 0 aliphatic rings. The molecule has 2 rings (SSSR count). The average Bonchev–Trinajstić information content (AvgIpc) is 2.39. The number of ether oxygens (including phenoxy) is 1. The number of hydrogen-bond acceptors (Lipinski definition) is 2. The van der Waals surface area contributed by atoms with Crippen molar-refractivity contribution in [2.75, 3.05) is 6.61 Å². The molecule has 0 aliphatic heterocycles. The van der Waals surface area contributed by atoms with Crippen molar-refractivity contribution in [2.24, 2.45) is 0 Å². The summed E-state index contributed by atoms with van der Waals surface area (Å²) in [7, 11) is 0. The zero-order chi connectivity index (χ0) is 13.8. The van der Waals surface area contributed by atoms with Gasteiger partial charge < -0.3 is 4.74 Å². The molecule has 0 saturated carbocycles. The monoisotopic (exact) mass is 298 g/mol. The lowest BCUT2D eigenvalue weighted by Crippen LogP contribution is -2.11. The Hall–Kier alpha value is -1.58. The average molecular weight is 299 g/mol. The van der Waals surface area contributed by atoms with Gasteiger partial charge in [-0.05, 0) is 30.3 Å². The van der Waals surface area contributed by atoms with Crippen LogP contribution in [0.2, 0.25) is 10.0 Å². The SMILES string of the molecule is O=C(COc1cccc(F)c1)c1ccc(Cl)c(Cl)c1. The van der Waals surface area contributed by atoms with E-state index >= 15 is 0 Å². The summed E-state index contributed by atoms with van der Waals surface area (Å²) in [4.78, 5) is 11.8. The van der Waals surface area contributed by atoms with Crippen LogP contribution in [0.3, 0.4) is 0 Å². The minimum absolute atomic E-state index is 0.193. The predicted molar refractivity (Wildman–Crippen MR) is 72.7 cm³/mol. The Morgan fingerprint density at radius 3 is 2.58 bits per heavy atom. The van der Waals surface area contributed by atoms with Gasteiger partial charge in [0.15, 0.2) is 12.4 Å². The lowest BCUT2D eigenvalue weighted by molar-refractivity contribution is 0.0921. The van der Waals surface area contributed by atoms with Crippen molar-refractivity contribution in [3.8, 4) is 5.75 Å². The van der Waals surface area contributed by atoms with Crippen LogP contribution in [0, 0.1) is 5.82 Å². The first kappa shape index (κ1) is 13.8. The molecule has 0 amide bonds. The molecular weight excluding hydrogens is 290 g/mol. The first-order valence-electron chi connectivity index (χ1n) is 5.43. The summed E-state index contributed by atoms with van der Waals surface area (Å²) in [6.07, 6.45) is 0. The van der Waals surface area contributed by atoms with Gasteiger partial charge in [0.25, 0.3) is 0 Å². The molecule has 0 N–H and O–H groups in total. The molecule has 0 spiro atoms. The highest BCUT2D eigenvalue weighted by molar-refractivity contribution is 6.42. The highest BCUT2D eigenvalue weighted by Crippen LogP contribution is 2.23. The zero-order valence-electron chi connectivity index (χ0n) is 9.70. The lowest BCUT2D eigenvalue weighted by atomic mass is 10.1. The Labute approximate surface area is 119 Å². The summed E-state index contributed by atoms with van der Waals surface area (Å²) in [5.41, 5.74) is 0.394. The van der Waals surface area contributed by atoms with E-state index in [4.69, 9.17) is 27.9 Å². The number of hydrogen-bond donors (Lipinski definition) is 0. The Bertz CT molecular complexity index is 614. The van der Waals surface area contributed by atoms with Gasteiger partial charge in [0, 0.05) is 11.6 Å². The van der Waals surface area contributed by atoms with E-state index in [-0.39, 0.29) is 12.4 Å². The third-order valence-electron chi connectivity index (χ3n) is 2.41. The minimum Gasteiger partial charge on any atom is -0.485 e. The van der Waals surface area contributed by atoms with Crippen molar-refractivity contribution in [1.82, 2.24) is 0 Å². The Balaban J connectivity index is 2.03. The second-order valence-electron chi connectivity index (χ2n) is 3.80. The van der Waals surface area contributed by atoms with Crippen molar-refractivity contribution >= 4 is 29.0 Å². The van der Waals surface area contributed by atoms with Gasteiger partial charge >= 0.3 is 0 Å². The standard InChI is InChI=1S/C14H9Cl2FO2/c15-12-5-4-9(6-13(12)16)14(18)8-19-11-3-1-2-10(17)7-11/h1-7H,8H2. The molecule has 0 heterocycles. The molecule has 0 bridgehead atoms. The van der Waals surface area contributed by atoms with Crippen molar-refractivity contribution in [3.05, 3.63) is 63.9 Å². The van der Waals surface area contributed by atoms with E-state index < -0.39 is 5.82 Å². The van der Waals surface area contributed by atoms with E-state index in [0.717, 1.165) is 0 Å². The predicted octanol–water partition coefficient (Wildman–Crippen LogP) is 4.39. The van der Waals surface area contributed by atoms with Crippen LogP contribution < -0.4 is 4.74 Å². The number of carbonyl (C=O) groups excluding carboxylic acids is 1. The molecule has 0 atom stereocenters. The molecule has 0 aromatic heterocycles. The Kier molecular flexibility index (Phi) is 4.40. The molecule has 2 aromatic rings. The number of ketones is 1. The lowest BCUT2D eigenvalue weighted by Gasteiger charge is -2.06. The Morgan fingerprint density at radius 2 is 1.89 bits per heavy atom. The topological polar surface area (TPSA) is 26.3 Å². The van der Waals surface area contributed by atoms with Gasteiger partial charge in [-0.1, -0.05) is 29.3 Å².